The highest BCUT2D eigenvalue weighted by atomic mass is 19.1. The molecule has 2 N–H and O–H groups in total. The molecule has 1 aromatic rings. The summed E-state index contributed by atoms with van der Waals surface area (Å²) in [5.41, 5.74) is -0.837. The Morgan fingerprint density at radius 2 is 2.15 bits per heavy atom. The number of carbonyl (C=O) groups excluding carboxylic acids is 1. The lowest BCUT2D eigenvalue weighted by Crippen LogP contribution is -2.33. The van der Waals surface area contributed by atoms with Crippen LogP contribution in [0.25, 0.3) is 0 Å². The van der Waals surface area contributed by atoms with Crippen molar-refractivity contribution in [1.29, 1.82) is 0 Å². The number of aliphatic carboxylic acids is 1. The first kappa shape index (κ1) is 15.5. The predicted octanol–water partition coefficient (Wildman–Crippen LogP) is 1.72. The van der Waals surface area contributed by atoms with Crippen molar-refractivity contribution in [2.75, 3.05) is 0 Å². The van der Waals surface area contributed by atoms with E-state index >= 15 is 0 Å². The molecule has 0 aliphatic carbocycles. The molecule has 20 heavy (non-hydrogen) atoms. The number of nitro benzene ring substituents is 1. The van der Waals surface area contributed by atoms with E-state index in [9.17, 15) is 24.1 Å². The zero-order valence-electron chi connectivity index (χ0n) is 10.6. The fraction of sp³-hybridized carbons (Fsp3) is 0.333. The fourth-order valence-electron chi connectivity index (χ4n) is 1.51. The minimum atomic E-state index is -1.02. The number of carboxylic acids is 1. The number of amides is 1. The van der Waals surface area contributed by atoms with Gasteiger partial charge < -0.3 is 10.4 Å². The zero-order valence-corrected chi connectivity index (χ0v) is 10.6. The molecule has 8 heteroatoms. The Kier molecular flexibility index (Phi) is 5.13. The number of carboxylic acid groups (broad SMARTS) is 1. The molecule has 0 heterocycles. The SMILES string of the molecule is CC(CCC(=O)O)NC(=O)c1ccc(F)c([N+](=O)[O-])c1. The summed E-state index contributed by atoms with van der Waals surface area (Å²) in [6.45, 7) is 1.61. The molecule has 0 saturated heterocycles. The average molecular weight is 284 g/mol. The Morgan fingerprint density at radius 1 is 1.50 bits per heavy atom. The third-order valence-corrected chi connectivity index (χ3v) is 2.57. The van der Waals surface area contributed by atoms with E-state index in [1.165, 1.54) is 0 Å². The standard InChI is InChI=1S/C12H13FN2O5/c1-7(2-5-11(16)17)14-12(18)8-3-4-9(13)10(6-8)15(19)20/h3-4,6-7H,2,5H2,1H3,(H,14,18)(H,16,17). The zero-order chi connectivity index (χ0) is 15.3. The first-order chi connectivity index (χ1) is 9.31. The van der Waals surface area contributed by atoms with Gasteiger partial charge in [0.25, 0.3) is 5.91 Å². The van der Waals surface area contributed by atoms with Crippen LogP contribution in [-0.4, -0.2) is 27.9 Å². The van der Waals surface area contributed by atoms with Crippen LogP contribution in [0.2, 0.25) is 0 Å². The van der Waals surface area contributed by atoms with E-state index in [1.807, 2.05) is 0 Å². The largest absolute Gasteiger partial charge is 0.481 e. The number of benzene rings is 1. The normalized spacial score (nSPS) is 11.7. The highest BCUT2D eigenvalue weighted by Crippen LogP contribution is 2.18. The minimum absolute atomic E-state index is 0.0553. The van der Waals surface area contributed by atoms with Gasteiger partial charge in [-0.2, -0.15) is 4.39 Å². The smallest absolute Gasteiger partial charge is 0.305 e. The van der Waals surface area contributed by atoms with Gasteiger partial charge in [-0.1, -0.05) is 0 Å². The number of nitrogens with zero attached hydrogens (tertiary/aromatic N) is 1. The fourth-order valence-corrected chi connectivity index (χ4v) is 1.51. The van der Waals surface area contributed by atoms with Crippen LogP contribution < -0.4 is 5.32 Å². The molecule has 7 nitrogen and oxygen atoms in total. The summed E-state index contributed by atoms with van der Waals surface area (Å²) in [5.74, 6) is -2.63. The molecule has 1 aromatic carbocycles. The third kappa shape index (κ3) is 4.30. The van der Waals surface area contributed by atoms with Gasteiger partial charge in [-0.15, -0.1) is 0 Å². The summed E-state index contributed by atoms with van der Waals surface area (Å²) in [6.07, 6.45) is 0.120. The van der Waals surface area contributed by atoms with Crippen LogP contribution in [0.5, 0.6) is 0 Å². The Morgan fingerprint density at radius 3 is 2.70 bits per heavy atom. The van der Waals surface area contributed by atoms with Crippen LogP contribution in [0.15, 0.2) is 18.2 Å². The second-order valence-electron chi connectivity index (χ2n) is 4.23. The van der Waals surface area contributed by atoms with Gasteiger partial charge in [0.15, 0.2) is 0 Å². The molecule has 1 amide bonds. The van der Waals surface area contributed by atoms with Gasteiger partial charge in [-0.05, 0) is 25.5 Å². The quantitative estimate of drug-likeness (QED) is 0.610. The second kappa shape index (κ2) is 6.60. The third-order valence-electron chi connectivity index (χ3n) is 2.57. The maximum absolute atomic E-state index is 13.1. The van der Waals surface area contributed by atoms with Gasteiger partial charge in [0.05, 0.1) is 4.92 Å². The lowest BCUT2D eigenvalue weighted by Gasteiger charge is -2.12. The number of nitro groups is 1. The minimum Gasteiger partial charge on any atom is -0.481 e. The van der Waals surface area contributed by atoms with Crippen LogP contribution in [0.3, 0.4) is 0 Å². The van der Waals surface area contributed by atoms with Crippen molar-refractivity contribution in [3.8, 4) is 0 Å². The number of halogens is 1. The Labute approximate surface area is 113 Å². The van der Waals surface area contributed by atoms with Crippen LogP contribution in [-0.2, 0) is 4.79 Å². The number of carbonyl (C=O) groups is 2. The van der Waals surface area contributed by atoms with Crippen molar-refractivity contribution in [3.63, 3.8) is 0 Å². The van der Waals surface area contributed by atoms with Gasteiger partial charge in [0.2, 0.25) is 5.82 Å². The van der Waals surface area contributed by atoms with Crippen molar-refractivity contribution in [2.24, 2.45) is 0 Å². The molecule has 0 saturated carbocycles. The second-order valence-corrected chi connectivity index (χ2v) is 4.23. The van der Waals surface area contributed by atoms with Gasteiger partial charge in [-0.3, -0.25) is 19.7 Å². The maximum atomic E-state index is 13.1. The van der Waals surface area contributed by atoms with Crippen molar-refractivity contribution in [1.82, 2.24) is 5.32 Å². The molecule has 0 radical (unpaired) electrons. The van der Waals surface area contributed by atoms with E-state index < -0.39 is 34.3 Å². The van der Waals surface area contributed by atoms with E-state index in [0.29, 0.717) is 0 Å². The molecule has 0 fully saturated rings. The maximum Gasteiger partial charge on any atom is 0.305 e. The van der Waals surface area contributed by atoms with Crippen LogP contribution in [0.1, 0.15) is 30.1 Å². The monoisotopic (exact) mass is 284 g/mol. The van der Waals surface area contributed by atoms with Gasteiger partial charge in [-0.25, -0.2) is 0 Å². The van der Waals surface area contributed by atoms with Crippen LogP contribution >= 0.6 is 0 Å². The van der Waals surface area contributed by atoms with E-state index in [0.717, 1.165) is 18.2 Å². The molecule has 108 valence electrons. The molecule has 0 bridgehead atoms. The highest BCUT2D eigenvalue weighted by Gasteiger charge is 2.18. The van der Waals surface area contributed by atoms with Crippen molar-refractivity contribution in [2.45, 2.75) is 25.8 Å². The lowest BCUT2D eigenvalue weighted by molar-refractivity contribution is -0.387. The molecule has 1 rings (SSSR count). The highest BCUT2D eigenvalue weighted by molar-refractivity contribution is 5.95. The molecule has 0 aromatic heterocycles. The first-order valence-corrected chi connectivity index (χ1v) is 5.78. The van der Waals surface area contributed by atoms with E-state index in [4.69, 9.17) is 5.11 Å². The molecule has 0 aliphatic rings. The van der Waals surface area contributed by atoms with Gasteiger partial charge in [0, 0.05) is 24.1 Å². The first-order valence-electron chi connectivity index (χ1n) is 5.78. The van der Waals surface area contributed by atoms with Crippen LogP contribution in [0.4, 0.5) is 10.1 Å². The van der Waals surface area contributed by atoms with Gasteiger partial charge >= 0.3 is 11.7 Å². The summed E-state index contributed by atoms with van der Waals surface area (Å²) >= 11 is 0. The van der Waals surface area contributed by atoms with E-state index in [1.54, 1.807) is 6.92 Å². The number of rotatable bonds is 6. The Balaban J connectivity index is 2.75. The Bertz CT molecular complexity index is 547. The summed E-state index contributed by atoms with van der Waals surface area (Å²) in [5, 5.41) is 21.6. The summed E-state index contributed by atoms with van der Waals surface area (Å²) in [7, 11) is 0. The molecule has 0 spiro atoms. The molecule has 0 aliphatic heterocycles. The number of hydrogen-bond acceptors (Lipinski definition) is 4. The number of nitrogens with one attached hydrogen (secondary N) is 1. The van der Waals surface area contributed by atoms with E-state index in [-0.39, 0.29) is 18.4 Å². The predicted molar refractivity (Wildman–Crippen MR) is 66.9 cm³/mol. The van der Waals surface area contributed by atoms with Crippen molar-refractivity contribution in [3.05, 3.63) is 39.7 Å². The molecule has 1 unspecified atom stereocenters. The molecular weight excluding hydrogens is 271 g/mol. The molecular formula is C12H13FN2O5. The molecule has 1 atom stereocenters. The summed E-state index contributed by atoms with van der Waals surface area (Å²) < 4.78 is 13.1. The number of hydrogen-bond donors (Lipinski definition) is 2. The van der Waals surface area contributed by atoms with Crippen molar-refractivity contribution < 1.29 is 24.0 Å². The summed E-state index contributed by atoms with van der Waals surface area (Å²) in [6, 6.07) is 2.40. The van der Waals surface area contributed by atoms with E-state index in [2.05, 4.69) is 5.32 Å². The lowest BCUT2D eigenvalue weighted by atomic mass is 10.1. The Hall–Kier alpha value is -2.51. The average Bonchev–Trinajstić information content (AvgIpc) is 2.36. The van der Waals surface area contributed by atoms with Crippen LogP contribution in [0, 0.1) is 15.9 Å². The summed E-state index contributed by atoms with van der Waals surface area (Å²) in [4.78, 5) is 31.8. The van der Waals surface area contributed by atoms with Gasteiger partial charge in [0.1, 0.15) is 0 Å². The van der Waals surface area contributed by atoms with Crippen molar-refractivity contribution >= 4 is 17.6 Å². The topological polar surface area (TPSA) is 110 Å².